The van der Waals surface area contributed by atoms with Crippen molar-refractivity contribution in [3.63, 3.8) is 0 Å². The van der Waals surface area contributed by atoms with Crippen molar-refractivity contribution in [2.24, 2.45) is 5.73 Å². The minimum Gasteiger partial charge on any atom is -0.387 e. The quantitative estimate of drug-likeness (QED) is 0.888. The van der Waals surface area contributed by atoms with E-state index in [4.69, 9.17) is 5.73 Å². The molecular formula is C13H14BrNO. The van der Waals surface area contributed by atoms with Crippen LogP contribution in [-0.2, 0) is 0 Å². The minimum atomic E-state index is -0.608. The van der Waals surface area contributed by atoms with E-state index in [0.29, 0.717) is 0 Å². The molecule has 0 radical (unpaired) electrons. The first kappa shape index (κ1) is 11.6. The molecule has 0 amide bonds. The Morgan fingerprint density at radius 3 is 2.50 bits per heavy atom. The lowest BCUT2D eigenvalue weighted by Crippen LogP contribution is -2.24. The summed E-state index contributed by atoms with van der Waals surface area (Å²) in [6.07, 6.45) is -0.608. The zero-order chi connectivity index (χ0) is 11.7. The first-order valence-corrected chi connectivity index (χ1v) is 6.00. The second-order valence-electron chi connectivity index (χ2n) is 4.05. The Morgan fingerprint density at radius 2 is 1.81 bits per heavy atom. The molecule has 0 fully saturated rings. The number of halogens is 1. The van der Waals surface area contributed by atoms with Gasteiger partial charge in [0.05, 0.1) is 6.10 Å². The average molecular weight is 280 g/mol. The van der Waals surface area contributed by atoms with E-state index in [1.165, 1.54) is 0 Å². The summed E-state index contributed by atoms with van der Waals surface area (Å²) in [6.45, 7) is 1.80. The Hall–Kier alpha value is -0.900. The van der Waals surface area contributed by atoms with Gasteiger partial charge in [0.2, 0.25) is 0 Å². The monoisotopic (exact) mass is 279 g/mol. The third-order valence-corrected chi connectivity index (χ3v) is 3.16. The van der Waals surface area contributed by atoms with Gasteiger partial charge in [0, 0.05) is 10.5 Å². The van der Waals surface area contributed by atoms with Crippen LogP contribution in [0.2, 0.25) is 0 Å². The summed E-state index contributed by atoms with van der Waals surface area (Å²) in [4.78, 5) is 0. The van der Waals surface area contributed by atoms with E-state index in [2.05, 4.69) is 15.9 Å². The van der Waals surface area contributed by atoms with Crippen LogP contribution in [0.4, 0.5) is 0 Å². The molecule has 0 heterocycles. The second kappa shape index (κ2) is 4.53. The summed E-state index contributed by atoms with van der Waals surface area (Å²) in [7, 11) is 0. The number of hydrogen-bond donors (Lipinski definition) is 2. The highest BCUT2D eigenvalue weighted by atomic mass is 79.9. The minimum absolute atomic E-state index is 0.260. The molecule has 3 heteroatoms. The molecule has 0 saturated carbocycles. The number of benzene rings is 2. The molecule has 0 bridgehead atoms. The summed E-state index contributed by atoms with van der Waals surface area (Å²) in [5, 5.41) is 12.1. The Bertz CT molecular complexity index is 510. The highest BCUT2D eigenvalue weighted by molar-refractivity contribution is 9.10. The number of aliphatic hydroxyl groups excluding tert-OH is 1. The molecule has 2 atom stereocenters. The summed E-state index contributed by atoms with van der Waals surface area (Å²) < 4.78 is 1.03. The smallest absolute Gasteiger partial charge is 0.0938 e. The lowest BCUT2D eigenvalue weighted by Gasteiger charge is -2.15. The zero-order valence-corrected chi connectivity index (χ0v) is 10.6. The number of hydrogen-bond acceptors (Lipinski definition) is 2. The van der Waals surface area contributed by atoms with Gasteiger partial charge in [-0.25, -0.2) is 0 Å². The summed E-state index contributed by atoms with van der Waals surface area (Å²) in [5.41, 5.74) is 6.54. The fourth-order valence-electron chi connectivity index (χ4n) is 1.72. The van der Waals surface area contributed by atoms with Crippen molar-refractivity contribution in [1.82, 2.24) is 0 Å². The van der Waals surface area contributed by atoms with Crippen LogP contribution in [0.25, 0.3) is 10.8 Å². The normalized spacial score (nSPS) is 15.0. The Labute approximate surface area is 103 Å². The number of rotatable bonds is 2. The topological polar surface area (TPSA) is 46.2 Å². The largest absolute Gasteiger partial charge is 0.387 e. The fourth-order valence-corrected chi connectivity index (χ4v) is 2.10. The van der Waals surface area contributed by atoms with E-state index < -0.39 is 6.10 Å². The van der Waals surface area contributed by atoms with Crippen LogP contribution in [0.5, 0.6) is 0 Å². The number of aliphatic hydroxyl groups is 1. The lowest BCUT2D eigenvalue weighted by molar-refractivity contribution is 0.153. The van der Waals surface area contributed by atoms with E-state index in [0.717, 1.165) is 20.8 Å². The van der Waals surface area contributed by atoms with Gasteiger partial charge in [-0.1, -0.05) is 34.1 Å². The van der Waals surface area contributed by atoms with Gasteiger partial charge in [0.15, 0.2) is 0 Å². The van der Waals surface area contributed by atoms with E-state index in [9.17, 15) is 5.11 Å². The van der Waals surface area contributed by atoms with Gasteiger partial charge in [-0.3, -0.25) is 0 Å². The Kier molecular flexibility index (Phi) is 3.28. The van der Waals surface area contributed by atoms with Crippen molar-refractivity contribution in [2.75, 3.05) is 0 Å². The van der Waals surface area contributed by atoms with Crippen molar-refractivity contribution in [2.45, 2.75) is 19.1 Å². The molecule has 2 aromatic carbocycles. The predicted octanol–water partition coefficient (Wildman–Crippen LogP) is 2.98. The van der Waals surface area contributed by atoms with Crippen molar-refractivity contribution in [3.05, 3.63) is 46.4 Å². The Balaban J connectivity index is 2.50. The zero-order valence-electron chi connectivity index (χ0n) is 9.02. The highest BCUT2D eigenvalue weighted by Gasteiger charge is 2.12. The van der Waals surface area contributed by atoms with Gasteiger partial charge in [-0.05, 0) is 41.5 Å². The van der Waals surface area contributed by atoms with Crippen LogP contribution >= 0.6 is 15.9 Å². The first-order chi connectivity index (χ1) is 7.58. The molecule has 0 aliphatic rings. The van der Waals surface area contributed by atoms with Crippen molar-refractivity contribution in [1.29, 1.82) is 0 Å². The van der Waals surface area contributed by atoms with Gasteiger partial charge in [0.1, 0.15) is 0 Å². The number of fused-ring (bicyclic) bond motifs is 1. The maximum Gasteiger partial charge on any atom is 0.0938 e. The van der Waals surface area contributed by atoms with Gasteiger partial charge in [-0.2, -0.15) is 0 Å². The molecule has 0 spiro atoms. The Morgan fingerprint density at radius 1 is 1.12 bits per heavy atom. The van der Waals surface area contributed by atoms with Gasteiger partial charge in [0.25, 0.3) is 0 Å². The molecule has 16 heavy (non-hydrogen) atoms. The van der Waals surface area contributed by atoms with Crippen LogP contribution in [0.15, 0.2) is 40.9 Å². The standard InChI is InChI=1S/C13H14BrNO/c1-8(15)13(16)10-3-2-9-4-5-12(14)7-11(9)6-10/h2-8,13,16H,15H2,1H3/t8-,13-/m1/s1. The van der Waals surface area contributed by atoms with E-state index in [-0.39, 0.29) is 6.04 Å². The molecular weight excluding hydrogens is 266 g/mol. The summed E-state index contributed by atoms with van der Waals surface area (Å²) in [5.74, 6) is 0. The van der Waals surface area contributed by atoms with Gasteiger partial charge in [-0.15, -0.1) is 0 Å². The van der Waals surface area contributed by atoms with Gasteiger partial charge < -0.3 is 10.8 Å². The maximum absolute atomic E-state index is 9.89. The second-order valence-corrected chi connectivity index (χ2v) is 4.97. The third kappa shape index (κ3) is 2.26. The first-order valence-electron chi connectivity index (χ1n) is 5.21. The SMILES string of the molecule is C[C@@H](N)[C@@H](O)c1ccc2ccc(Br)cc2c1. The van der Waals surface area contributed by atoms with Crippen LogP contribution in [0.3, 0.4) is 0 Å². The maximum atomic E-state index is 9.89. The molecule has 2 rings (SSSR count). The van der Waals surface area contributed by atoms with Crippen LogP contribution in [0, 0.1) is 0 Å². The molecule has 2 aromatic rings. The highest BCUT2D eigenvalue weighted by Crippen LogP contribution is 2.24. The average Bonchev–Trinajstić information content (AvgIpc) is 2.26. The third-order valence-electron chi connectivity index (χ3n) is 2.67. The molecule has 0 aliphatic carbocycles. The van der Waals surface area contributed by atoms with E-state index >= 15 is 0 Å². The fraction of sp³-hybridized carbons (Fsp3) is 0.231. The predicted molar refractivity (Wildman–Crippen MR) is 70.3 cm³/mol. The van der Waals surface area contributed by atoms with Crippen LogP contribution in [-0.4, -0.2) is 11.1 Å². The van der Waals surface area contributed by atoms with Crippen molar-refractivity contribution < 1.29 is 5.11 Å². The summed E-state index contributed by atoms with van der Waals surface area (Å²) >= 11 is 3.44. The van der Waals surface area contributed by atoms with E-state index in [1.807, 2.05) is 36.4 Å². The molecule has 0 saturated heterocycles. The molecule has 0 unspecified atom stereocenters. The molecule has 84 valence electrons. The lowest BCUT2D eigenvalue weighted by atomic mass is 10.0. The van der Waals surface area contributed by atoms with Crippen LogP contribution in [0.1, 0.15) is 18.6 Å². The molecule has 0 aromatic heterocycles. The number of nitrogens with two attached hydrogens (primary N) is 1. The molecule has 3 N–H and O–H groups in total. The molecule has 2 nitrogen and oxygen atoms in total. The van der Waals surface area contributed by atoms with E-state index in [1.54, 1.807) is 6.92 Å². The molecule has 0 aliphatic heterocycles. The van der Waals surface area contributed by atoms with Crippen molar-refractivity contribution >= 4 is 26.7 Å². The van der Waals surface area contributed by atoms with Crippen LogP contribution < -0.4 is 5.73 Å². The van der Waals surface area contributed by atoms with Crippen molar-refractivity contribution in [3.8, 4) is 0 Å². The summed E-state index contributed by atoms with van der Waals surface area (Å²) in [6, 6.07) is 11.7. The van der Waals surface area contributed by atoms with Gasteiger partial charge >= 0.3 is 0 Å².